The molecular formula is C25H31N7O4S2. The number of carbonyl (C=O) groups is 1. The number of sulfonamides is 1. The van der Waals surface area contributed by atoms with E-state index in [9.17, 15) is 13.2 Å². The minimum Gasteiger partial charge on any atom is -0.477 e. The molecule has 5 rings (SSSR count). The Morgan fingerprint density at radius 1 is 1.26 bits per heavy atom. The zero-order chi connectivity index (χ0) is 26.7. The highest BCUT2D eigenvalue weighted by molar-refractivity contribution is 7.93. The van der Waals surface area contributed by atoms with Crippen molar-refractivity contribution in [1.82, 2.24) is 25.3 Å². The monoisotopic (exact) mass is 557 g/mol. The van der Waals surface area contributed by atoms with Crippen LogP contribution in [0.15, 0.2) is 30.7 Å². The topological polar surface area (TPSA) is 162 Å². The Labute approximate surface area is 225 Å². The number of piperidine rings is 1. The Kier molecular flexibility index (Phi) is 7.86. The number of primary amides is 1. The van der Waals surface area contributed by atoms with Crippen molar-refractivity contribution in [3.05, 3.63) is 47.1 Å². The SMILES string of the molecule is CCOc1cncc(-c2sc(C(N)=O)nc2[C@@H](C[C@@H]2CCCCN2)c2cc(NS(=O)(=O)C3CC3)ccn2)n1. The van der Waals surface area contributed by atoms with Crippen molar-refractivity contribution in [3.63, 3.8) is 0 Å². The summed E-state index contributed by atoms with van der Waals surface area (Å²) in [5.41, 5.74) is 7.86. The predicted molar refractivity (Wildman–Crippen MR) is 145 cm³/mol. The number of aromatic nitrogens is 4. The quantitative estimate of drug-likeness (QED) is 0.322. The summed E-state index contributed by atoms with van der Waals surface area (Å²) in [6, 6.07) is 3.60. The molecule has 1 saturated carbocycles. The lowest BCUT2D eigenvalue weighted by molar-refractivity contribution is 0.0999. The summed E-state index contributed by atoms with van der Waals surface area (Å²) in [7, 11) is -3.44. The van der Waals surface area contributed by atoms with Gasteiger partial charge in [0.25, 0.3) is 5.91 Å². The zero-order valence-electron chi connectivity index (χ0n) is 21.1. The highest BCUT2D eigenvalue weighted by Crippen LogP contribution is 2.40. The van der Waals surface area contributed by atoms with Crippen LogP contribution in [-0.2, 0) is 10.0 Å². The van der Waals surface area contributed by atoms with Gasteiger partial charge in [0.2, 0.25) is 15.9 Å². The van der Waals surface area contributed by atoms with Crippen molar-refractivity contribution in [2.45, 2.75) is 62.7 Å². The molecule has 1 saturated heterocycles. The number of pyridine rings is 1. The second kappa shape index (κ2) is 11.3. The summed E-state index contributed by atoms with van der Waals surface area (Å²) < 4.78 is 33.5. The summed E-state index contributed by atoms with van der Waals surface area (Å²) in [6.07, 6.45) is 9.94. The number of nitrogens with two attached hydrogens (primary N) is 1. The van der Waals surface area contributed by atoms with E-state index in [0.717, 1.165) is 37.1 Å². The van der Waals surface area contributed by atoms with E-state index < -0.39 is 15.9 Å². The Bertz CT molecular complexity index is 1400. The van der Waals surface area contributed by atoms with E-state index in [-0.39, 0.29) is 22.2 Å². The van der Waals surface area contributed by atoms with Crippen molar-refractivity contribution in [1.29, 1.82) is 0 Å². The molecule has 4 heterocycles. The third-order valence-electron chi connectivity index (χ3n) is 6.63. The van der Waals surface area contributed by atoms with Gasteiger partial charge in [-0.25, -0.2) is 18.4 Å². The van der Waals surface area contributed by atoms with Gasteiger partial charge >= 0.3 is 0 Å². The largest absolute Gasteiger partial charge is 0.477 e. The Hall–Kier alpha value is -3.16. The maximum Gasteiger partial charge on any atom is 0.277 e. The van der Waals surface area contributed by atoms with E-state index in [1.165, 1.54) is 6.20 Å². The van der Waals surface area contributed by atoms with Crippen LogP contribution in [0.2, 0.25) is 0 Å². The molecule has 13 heteroatoms. The molecule has 3 aromatic heterocycles. The fourth-order valence-corrected chi connectivity index (χ4v) is 6.95. The van der Waals surface area contributed by atoms with Crippen molar-refractivity contribution in [2.24, 2.45) is 5.73 Å². The summed E-state index contributed by atoms with van der Waals surface area (Å²) in [5, 5.41) is 3.39. The second-order valence-electron chi connectivity index (χ2n) is 9.52. The van der Waals surface area contributed by atoms with Crippen molar-refractivity contribution >= 4 is 33.0 Å². The fourth-order valence-electron chi connectivity index (χ4n) is 4.64. The average molecular weight is 558 g/mol. The smallest absolute Gasteiger partial charge is 0.277 e. The van der Waals surface area contributed by atoms with Crippen LogP contribution in [0, 0.1) is 0 Å². The number of nitrogens with one attached hydrogen (secondary N) is 2. The fraction of sp³-hybridized carbons (Fsp3) is 0.480. The van der Waals surface area contributed by atoms with Gasteiger partial charge in [-0.05, 0) is 57.7 Å². The molecule has 2 fully saturated rings. The molecule has 2 atom stereocenters. The van der Waals surface area contributed by atoms with Gasteiger partial charge in [0, 0.05) is 18.2 Å². The summed E-state index contributed by atoms with van der Waals surface area (Å²) in [4.78, 5) is 31.0. The molecule has 11 nitrogen and oxygen atoms in total. The van der Waals surface area contributed by atoms with Crippen LogP contribution < -0.4 is 20.5 Å². The van der Waals surface area contributed by atoms with E-state index in [4.69, 9.17) is 10.5 Å². The summed E-state index contributed by atoms with van der Waals surface area (Å²) in [5.74, 6) is -0.622. The van der Waals surface area contributed by atoms with Crippen LogP contribution in [-0.4, -0.2) is 58.7 Å². The summed E-state index contributed by atoms with van der Waals surface area (Å²) >= 11 is 1.16. The molecule has 0 bridgehead atoms. The Balaban J connectivity index is 1.58. The van der Waals surface area contributed by atoms with Crippen molar-refractivity contribution in [3.8, 4) is 16.5 Å². The van der Waals surface area contributed by atoms with Gasteiger partial charge < -0.3 is 15.8 Å². The lowest BCUT2D eigenvalue weighted by atomic mass is 9.88. The molecule has 0 unspecified atom stereocenters. The van der Waals surface area contributed by atoms with Gasteiger partial charge in [-0.2, -0.15) is 0 Å². The third kappa shape index (κ3) is 6.11. The van der Waals surface area contributed by atoms with Crippen molar-refractivity contribution < 1.29 is 17.9 Å². The van der Waals surface area contributed by atoms with E-state index in [1.54, 1.807) is 24.5 Å². The van der Waals surface area contributed by atoms with E-state index in [2.05, 4.69) is 30.0 Å². The molecule has 1 aliphatic heterocycles. The summed E-state index contributed by atoms with van der Waals surface area (Å²) in [6.45, 7) is 3.22. The molecule has 0 aromatic carbocycles. The van der Waals surface area contributed by atoms with Crippen LogP contribution >= 0.6 is 11.3 Å². The van der Waals surface area contributed by atoms with E-state index in [0.29, 0.717) is 59.4 Å². The van der Waals surface area contributed by atoms with Crippen LogP contribution in [0.1, 0.15) is 72.6 Å². The molecule has 0 radical (unpaired) electrons. The lowest BCUT2D eigenvalue weighted by Gasteiger charge is -2.27. The normalized spacial score (nSPS) is 18.6. The number of ether oxygens (including phenoxy) is 1. The van der Waals surface area contributed by atoms with Crippen LogP contribution in [0.5, 0.6) is 5.88 Å². The molecule has 0 spiro atoms. The van der Waals surface area contributed by atoms with Crippen molar-refractivity contribution in [2.75, 3.05) is 17.9 Å². The molecule has 4 N–H and O–H groups in total. The number of hydrogen-bond donors (Lipinski definition) is 3. The predicted octanol–water partition coefficient (Wildman–Crippen LogP) is 3.06. The number of anilines is 1. The van der Waals surface area contributed by atoms with Gasteiger partial charge in [-0.1, -0.05) is 6.42 Å². The van der Waals surface area contributed by atoms with Crippen LogP contribution in [0.25, 0.3) is 10.6 Å². The number of thiazole rings is 1. The number of hydrogen-bond acceptors (Lipinski definition) is 10. The first kappa shape index (κ1) is 26.4. The first-order valence-electron chi connectivity index (χ1n) is 12.8. The number of rotatable bonds is 11. The minimum atomic E-state index is -3.44. The number of carbonyl (C=O) groups excluding carboxylic acids is 1. The number of nitrogens with zero attached hydrogens (tertiary/aromatic N) is 4. The molecule has 38 heavy (non-hydrogen) atoms. The lowest BCUT2D eigenvalue weighted by Crippen LogP contribution is -2.35. The Morgan fingerprint density at radius 2 is 2.11 bits per heavy atom. The van der Waals surface area contributed by atoms with Gasteiger partial charge in [-0.3, -0.25) is 19.5 Å². The average Bonchev–Trinajstić information content (AvgIpc) is 3.68. The third-order valence-corrected chi connectivity index (χ3v) is 9.60. The van der Waals surface area contributed by atoms with Crippen LogP contribution in [0.3, 0.4) is 0 Å². The Morgan fingerprint density at radius 3 is 2.82 bits per heavy atom. The molecule has 3 aromatic rings. The highest BCUT2D eigenvalue weighted by atomic mass is 32.2. The zero-order valence-corrected chi connectivity index (χ0v) is 22.7. The van der Waals surface area contributed by atoms with Gasteiger partial charge in [-0.15, -0.1) is 11.3 Å². The molecule has 1 aliphatic carbocycles. The maximum absolute atomic E-state index is 12.6. The first-order valence-corrected chi connectivity index (χ1v) is 15.2. The van der Waals surface area contributed by atoms with E-state index >= 15 is 0 Å². The molecule has 1 amide bonds. The molecule has 2 aliphatic rings. The minimum absolute atomic E-state index is 0.158. The van der Waals surface area contributed by atoms with Gasteiger partial charge in [0.1, 0.15) is 5.69 Å². The maximum atomic E-state index is 12.6. The molecular weight excluding hydrogens is 526 g/mol. The van der Waals surface area contributed by atoms with Gasteiger partial charge in [0.15, 0.2) is 5.01 Å². The van der Waals surface area contributed by atoms with Crippen LogP contribution in [0.4, 0.5) is 5.69 Å². The second-order valence-corrected chi connectivity index (χ2v) is 12.5. The standard InChI is InChI=1S/C25H31N7O4S2/c1-2-36-21-14-27-13-20(30-21)23-22(31-25(37-23)24(26)33)18(11-15-5-3-4-9-28-15)19-12-16(8-10-29-19)32-38(34,35)17-6-7-17/h8,10,12-15,17-18,28H,2-7,9,11H2,1H3,(H2,26,33)(H,29,32)/t15-,18-/m0/s1. The first-order chi connectivity index (χ1) is 18.3. The molecule has 202 valence electrons. The van der Waals surface area contributed by atoms with Gasteiger partial charge in [0.05, 0.1) is 46.2 Å². The highest BCUT2D eigenvalue weighted by Gasteiger charge is 2.36. The number of amides is 1. The van der Waals surface area contributed by atoms with E-state index in [1.807, 2.05) is 6.92 Å².